The highest BCUT2D eigenvalue weighted by Gasteiger charge is 2.28. The average Bonchev–Trinajstić information content (AvgIpc) is 3.10. The summed E-state index contributed by atoms with van der Waals surface area (Å²) in [6.45, 7) is 9.14. The van der Waals surface area contributed by atoms with Crippen molar-refractivity contribution in [1.29, 1.82) is 0 Å². The van der Waals surface area contributed by atoms with Gasteiger partial charge in [0.1, 0.15) is 21.8 Å². The third-order valence-corrected chi connectivity index (χ3v) is 7.47. The van der Waals surface area contributed by atoms with Crippen LogP contribution in [-0.4, -0.2) is 52.3 Å². The fraction of sp³-hybridized carbons (Fsp3) is 0.667. The summed E-state index contributed by atoms with van der Waals surface area (Å²) in [5.74, 6) is 2.42. The standard InChI is InChI=1S/C21H29ClN4OS/c1-4-13(2)18-23-19(25-9-11-26(12-10-25)21(27)14(3)22)17-15-7-5-6-8-16(15)28-20(17)24-18/h13-14H,4-12H2,1-3H3. The molecule has 1 fully saturated rings. The summed E-state index contributed by atoms with van der Waals surface area (Å²) in [4.78, 5) is 29.2. The molecular weight excluding hydrogens is 392 g/mol. The molecule has 3 heterocycles. The first-order chi connectivity index (χ1) is 13.5. The molecule has 1 aliphatic heterocycles. The molecule has 2 atom stereocenters. The summed E-state index contributed by atoms with van der Waals surface area (Å²) < 4.78 is 0. The van der Waals surface area contributed by atoms with E-state index in [9.17, 15) is 4.79 Å². The lowest BCUT2D eigenvalue weighted by Gasteiger charge is -2.36. The quantitative estimate of drug-likeness (QED) is 0.689. The van der Waals surface area contributed by atoms with Crippen LogP contribution in [-0.2, 0) is 17.6 Å². The van der Waals surface area contributed by atoms with Gasteiger partial charge in [-0.3, -0.25) is 4.79 Å². The fourth-order valence-electron chi connectivity index (χ4n) is 4.18. The van der Waals surface area contributed by atoms with Crippen LogP contribution in [0.4, 0.5) is 5.82 Å². The third kappa shape index (κ3) is 3.61. The molecule has 28 heavy (non-hydrogen) atoms. The molecule has 4 rings (SSSR count). The Labute approximate surface area is 176 Å². The number of carbonyl (C=O) groups excluding carboxylic acids is 1. The molecule has 7 heteroatoms. The highest BCUT2D eigenvalue weighted by molar-refractivity contribution is 7.19. The first kappa shape index (κ1) is 19.9. The SMILES string of the molecule is CCC(C)c1nc(N2CCN(C(=O)C(C)Cl)CC2)c2c3c(sc2n1)CCCC3. The van der Waals surface area contributed by atoms with E-state index in [1.807, 2.05) is 16.2 Å². The Morgan fingerprint density at radius 2 is 1.86 bits per heavy atom. The number of fused-ring (bicyclic) bond motifs is 3. The lowest BCUT2D eigenvalue weighted by molar-refractivity contribution is -0.130. The number of aryl methyl sites for hydroxylation is 2. The molecule has 1 aliphatic carbocycles. The summed E-state index contributed by atoms with van der Waals surface area (Å²) in [6.07, 6.45) is 5.87. The van der Waals surface area contributed by atoms with Crippen molar-refractivity contribution in [3.05, 3.63) is 16.3 Å². The highest BCUT2D eigenvalue weighted by atomic mass is 35.5. The zero-order chi connectivity index (χ0) is 19.8. The maximum atomic E-state index is 12.2. The number of carbonyl (C=O) groups is 1. The molecule has 1 amide bonds. The molecule has 2 aliphatic rings. The molecule has 1 saturated heterocycles. The van der Waals surface area contributed by atoms with Crippen molar-refractivity contribution < 1.29 is 4.79 Å². The van der Waals surface area contributed by atoms with E-state index in [1.54, 1.807) is 6.92 Å². The second-order valence-corrected chi connectivity index (χ2v) is 9.77. The largest absolute Gasteiger partial charge is 0.352 e. The number of aromatic nitrogens is 2. The Morgan fingerprint density at radius 3 is 2.54 bits per heavy atom. The summed E-state index contributed by atoms with van der Waals surface area (Å²) in [5.41, 5.74) is 1.48. The van der Waals surface area contributed by atoms with E-state index in [2.05, 4.69) is 18.7 Å². The van der Waals surface area contributed by atoms with Crippen LogP contribution < -0.4 is 4.90 Å². The van der Waals surface area contributed by atoms with Gasteiger partial charge in [0.05, 0.1) is 5.39 Å². The zero-order valence-electron chi connectivity index (χ0n) is 17.0. The maximum Gasteiger partial charge on any atom is 0.240 e. The molecule has 0 saturated carbocycles. The Hall–Kier alpha value is -1.40. The number of rotatable bonds is 4. The van der Waals surface area contributed by atoms with E-state index in [1.165, 1.54) is 35.1 Å². The van der Waals surface area contributed by atoms with Crippen molar-refractivity contribution in [2.75, 3.05) is 31.1 Å². The van der Waals surface area contributed by atoms with Gasteiger partial charge in [-0.05, 0) is 44.6 Å². The van der Waals surface area contributed by atoms with Crippen LogP contribution in [0.1, 0.15) is 62.2 Å². The van der Waals surface area contributed by atoms with Gasteiger partial charge in [0.25, 0.3) is 0 Å². The monoisotopic (exact) mass is 420 g/mol. The first-order valence-electron chi connectivity index (χ1n) is 10.5. The minimum absolute atomic E-state index is 0.0300. The molecule has 2 aromatic rings. The van der Waals surface area contributed by atoms with Crippen molar-refractivity contribution in [2.24, 2.45) is 0 Å². The number of amides is 1. The van der Waals surface area contributed by atoms with Crippen molar-refractivity contribution >= 4 is 44.9 Å². The zero-order valence-corrected chi connectivity index (χ0v) is 18.6. The van der Waals surface area contributed by atoms with E-state index in [0.717, 1.165) is 42.4 Å². The molecule has 0 spiro atoms. The summed E-state index contributed by atoms with van der Waals surface area (Å²) in [5, 5.41) is 0.815. The molecule has 0 aromatic carbocycles. The van der Waals surface area contributed by atoms with E-state index in [0.29, 0.717) is 19.0 Å². The van der Waals surface area contributed by atoms with Crippen LogP contribution in [0.25, 0.3) is 10.2 Å². The predicted octanol–water partition coefficient (Wildman–Crippen LogP) is 4.36. The lowest BCUT2D eigenvalue weighted by Crippen LogP contribution is -2.50. The van der Waals surface area contributed by atoms with E-state index < -0.39 is 5.38 Å². The second-order valence-electron chi connectivity index (χ2n) is 8.03. The molecule has 5 nitrogen and oxygen atoms in total. The van der Waals surface area contributed by atoms with Gasteiger partial charge in [-0.1, -0.05) is 13.8 Å². The second kappa shape index (κ2) is 8.15. The first-order valence-corrected chi connectivity index (χ1v) is 11.7. The van der Waals surface area contributed by atoms with Crippen molar-refractivity contribution in [3.8, 4) is 0 Å². The molecule has 2 unspecified atom stereocenters. The Morgan fingerprint density at radius 1 is 1.14 bits per heavy atom. The van der Waals surface area contributed by atoms with E-state index in [-0.39, 0.29) is 5.91 Å². The van der Waals surface area contributed by atoms with E-state index >= 15 is 0 Å². The normalized spacial score (nSPS) is 19.6. The van der Waals surface area contributed by atoms with Gasteiger partial charge in [0, 0.05) is 37.0 Å². The van der Waals surface area contributed by atoms with Crippen LogP contribution in [0, 0.1) is 0 Å². The number of anilines is 1. The molecule has 2 aromatic heterocycles. The molecule has 0 N–H and O–H groups in total. The van der Waals surface area contributed by atoms with Crippen LogP contribution in [0.2, 0.25) is 0 Å². The fourth-order valence-corrected chi connectivity index (χ4v) is 5.58. The summed E-state index contributed by atoms with van der Waals surface area (Å²) >= 11 is 7.87. The number of halogens is 1. The Bertz CT molecular complexity index is 873. The highest BCUT2D eigenvalue weighted by Crippen LogP contribution is 2.40. The van der Waals surface area contributed by atoms with Crippen LogP contribution >= 0.6 is 22.9 Å². The molecule has 0 radical (unpaired) electrons. The van der Waals surface area contributed by atoms with Gasteiger partial charge in [0.15, 0.2) is 0 Å². The van der Waals surface area contributed by atoms with Crippen molar-refractivity contribution in [3.63, 3.8) is 0 Å². The average molecular weight is 421 g/mol. The van der Waals surface area contributed by atoms with Gasteiger partial charge < -0.3 is 9.80 Å². The number of alkyl halides is 1. The topological polar surface area (TPSA) is 49.3 Å². The van der Waals surface area contributed by atoms with Gasteiger partial charge in [-0.2, -0.15) is 0 Å². The third-order valence-electron chi connectivity index (χ3n) is 6.10. The van der Waals surface area contributed by atoms with Gasteiger partial charge in [0.2, 0.25) is 5.91 Å². The van der Waals surface area contributed by atoms with Crippen LogP contribution in [0.3, 0.4) is 0 Å². The number of thiophene rings is 1. The summed E-state index contributed by atoms with van der Waals surface area (Å²) in [6, 6.07) is 0. The smallest absolute Gasteiger partial charge is 0.240 e. The van der Waals surface area contributed by atoms with Gasteiger partial charge in [-0.25, -0.2) is 9.97 Å². The minimum atomic E-state index is -0.460. The lowest BCUT2D eigenvalue weighted by atomic mass is 9.96. The Kier molecular flexibility index (Phi) is 5.79. The number of hydrogen-bond donors (Lipinski definition) is 0. The van der Waals surface area contributed by atoms with Gasteiger partial charge >= 0.3 is 0 Å². The molecular formula is C21H29ClN4OS. The maximum absolute atomic E-state index is 12.2. The Balaban J connectivity index is 1.71. The minimum Gasteiger partial charge on any atom is -0.352 e. The van der Waals surface area contributed by atoms with Crippen LogP contribution in [0.5, 0.6) is 0 Å². The van der Waals surface area contributed by atoms with Crippen molar-refractivity contribution in [1.82, 2.24) is 14.9 Å². The van der Waals surface area contributed by atoms with E-state index in [4.69, 9.17) is 21.6 Å². The number of hydrogen-bond acceptors (Lipinski definition) is 5. The summed E-state index contributed by atoms with van der Waals surface area (Å²) in [7, 11) is 0. The molecule has 0 bridgehead atoms. The molecule has 152 valence electrons. The number of piperazine rings is 1. The predicted molar refractivity (Wildman–Crippen MR) is 117 cm³/mol. The van der Waals surface area contributed by atoms with Crippen LogP contribution in [0.15, 0.2) is 0 Å². The van der Waals surface area contributed by atoms with Crippen molar-refractivity contribution in [2.45, 2.75) is 64.2 Å². The number of nitrogens with zero attached hydrogens (tertiary/aromatic N) is 4. The van der Waals surface area contributed by atoms with Gasteiger partial charge in [-0.15, -0.1) is 22.9 Å².